The molecule has 1 aromatic heterocycles. The van der Waals surface area contributed by atoms with E-state index in [1.807, 2.05) is 36.6 Å². The molecule has 0 bridgehead atoms. The van der Waals surface area contributed by atoms with Gasteiger partial charge in [-0.25, -0.2) is 0 Å². The van der Waals surface area contributed by atoms with Gasteiger partial charge in [0.1, 0.15) is 0 Å². The highest BCUT2D eigenvalue weighted by Crippen LogP contribution is 2.31. The summed E-state index contributed by atoms with van der Waals surface area (Å²) in [6.07, 6.45) is -4.33. The smallest absolute Gasteiger partial charge is 0.399 e. The molecule has 3 aromatic rings. The lowest BCUT2D eigenvalue weighted by Crippen LogP contribution is -2.07. The number of aryl methyl sites for hydroxylation is 1. The van der Waals surface area contributed by atoms with Crippen LogP contribution in [0.1, 0.15) is 22.4 Å². The molecule has 0 spiro atoms. The summed E-state index contributed by atoms with van der Waals surface area (Å²) in [4.78, 5) is 0. The summed E-state index contributed by atoms with van der Waals surface area (Å²) in [5.41, 5.74) is 9.62. The van der Waals surface area contributed by atoms with Gasteiger partial charge in [0.25, 0.3) is 0 Å². The minimum absolute atomic E-state index is 0.393. The fraction of sp³-hybridized carbons (Fsp3) is 0.222. The van der Waals surface area contributed by atoms with Crippen LogP contribution in [0.3, 0.4) is 0 Å². The Kier molecular flexibility index (Phi) is 3.59. The van der Waals surface area contributed by atoms with Crippen LogP contribution in [0, 0.1) is 13.8 Å². The number of fused-ring (bicyclic) bond motifs is 1. The van der Waals surface area contributed by atoms with Crippen LogP contribution >= 0.6 is 0 Å². The molecule has 0 aliphatic carbocycles. The van der Waals surface area contributed by atoms with Crippen molar-refractivity contribution < 1.29 is 13.2 Å². The zero-order valence-corrected chi connectivity index (χ0v) is 12.9. The average Bonchev–Trinajstić information content (AvgIpc) is 2.72. The van der Waals surface area contributed by atoms with E-state index in [4.69, 9.17) is 5.73 Å². The topological polar surface area (TPSA) is 30.9 Å². The van der Waals surface area contributed by atoms with E-state index in [2.05, 4.69) is 0 Å². The molecule has 0 aliphatic rings. The SMILES string of the molecule is Cc1c(C)n(Cc2cccc(C(F)(F)F)c2)c2ccc(N)cc12. The molecule has 120 valence electrons. The van der Waals surface area contributed by atoms with Gasteiger partial charge in [0.2, 0.25) is 0 Å². The number of aromatic nitrogens is 1. The third-order valence-corrected chi connectivity index (χ3v) is 4.26. The number of hydrogen-bond donors (Lipinski definition) is 1. The Morgan fingerprint density at radius 1 is 1.04 bits per heavy atom. The zero-order chi connectivity index (χ0) is 16.8. The fourth-order valence-corrected chi connectivity index (χ4v) is 2.90. The molecule has 2 N–H and O–H groups in total. The van der Waals surface area contributed by atoms with Gasteiger partial charge in [-0.3, -0.25) is 0 Å². The van der Waals surface area contributed by atoms with Crippen LogP contribution in [0.15, 0.2) is 42.5 Å². The summed E-state index contributed by atoms with van der Waals surface area (Å²) in [7, 11) is 0. The molecular weight excluding hydrogens is 301 g/mol. The van der Waals surface area contributed by atoms with Crippen molar-refractivity contribution >= 4 is 16.6 Å². The van der Waals surface area contributed by atoms with Crippen molar-refractivity contribution in [2.24, 2.45) is 0 Å². The molecule has 2 aromatic carbocycles. The molecule has 1 heterocycles. The van der Waals surface area contributed by atoms with Crippen molar-refractivity contribution in [2.45, 2.75) is 26.6 Å². The molecule has 0 radical (unpaired) electrons. The minimum Gasteiger partial charge on any atom is -0.399 e. The Balaban J connectivity index is 2.07. The van der Waals surface area contributed by atoms with Crippen LogP contribution in [-0.4, -0.2) is 4.57 Å². The van der Waals surface area contributed by atoms with Crippen LogP contribution in [0.25, 0.3) is 10.9 Å². The third kappa shape index (κ3) is 2.79. The summed E-state index contributed by atoms with van der Waals surface area (Å²) < 4.78 is 40.6. The van der Waals surface area contributed by atoms with Gasteiger partial charge in [0.05, 0.1) is 5.56 Å². The Morgan fingerprint density at radius 3 is 2.48 bits per heavy atom. The molecule has 2 nitrogen and oxygen atoms in total. The van der Waals surface area contributed by atoms with Crippen molar-refractivity contribution in [3.05, 3.63) is 64.8 Å². The lowest BCUT2D eigenvalue weighted by Gasteiger charge is -2.12. The number of nitrogens with two attached hydrogens (primary N) is 1. The molecule has 0 aliphatic heterocycles. The number of anilines is 1. The van der Waals surface area contributed by atoms with Crippen molar-refractivity contribution in [3.8, 4) is 0 Å². The third-order valence-electron chi connectivity index (χ3n) is 4.26. The van der Waals surface area contributed by atoms with Gasteiger partial charge in [-0.15, -0.1) is 0 Å². The molecule has 0 saturated carbocycles. The van der Waals surface area contributed by atoms with E-state index in [9.17, 15) is 13.2 Å². The highest BCUT2D eigenvalue weighted by Gasteiger charge is 2.30. The second-order valence-corrected chi connectivity index (χ2v) is 5.77. The number of alkyl halides is 3. The maximum Gasteiger partial charge on any atom is 0.416 e. The second-order valence-electron chi connectivity index (χ2n) is 5.77. The van der Waals surface area contributed by atoms with E-state index in [1.165, 1.54) is 12.1 Å². The summed E-state index contributed by atoms with van der Waals surface area (Å²) >= 11 is 0. The highest BCUT2D eigenvalue weighted by atomic mass is 19.4. The predicted octanol–water partition coefficient (Wildman–Crippen LogP) is 4.91. The van der Waals surface area contributed by atoms with E-state index in [1.54, 1.807) is 6.07 Å². The van der Waals surface area contributed by atoms with Gasteiger partial charge >= 0.3 is 6.18 Å². The van der Waals surface area contributed by atoms with Gasteiger partial charge in [0.15, 0.2) is 0 Å². The fourth-order valence-electron chi connectivity index (χ4n) is 2.90. The van der Waals surface area contributed by atoms with Crippen LogP contribution < -0.4 is 5.73 Å². The second kappa shape index (κ2) is 5.33. The number of rotatable bonds is 2. The Morgan fingerprint density at radius 2 is 1.78 bits per heavy atom. The zero-order valence-electron chi connectivity index (χ0n) is 12.9. The molecule has 5 heteroatoms. The van der Waals surface area contributed by atoms with Gasteiger partial charge in [-0.1, -0.05) is 12.1 Å². The molecular formula is C18H17F3N2. The van der Waals surface area contributed by atoms with Crippen molar-refractivity contribution in [1.29, 1.82) is 0 Å². The largest absolute Gasteiger partial charge is 0.416 e. The van der Waals surface area contributed by atoms with Crippen molar-refractivity contribution in [1.82, 2.24) is 4.57 Å². The number of halogens is 3. The maximum absolute atomic E-state index is 12.9. The maximum atomic E-state index is 12.9. The van der Waals surface area contributed by atoms with E-state index >= 15 is 0 Å². The van der Waals surface area contributed by atoms with E-state index in [0.717, 1.165) is 28.2 Å². The Labute approximate surface area is 132 Å². The molecule has 0 atom stereocenters. The van der Waals surface area contributed by atoms with Gasteiger partial charge in [-0.2, -0.15) is 13.2 Å². The Hall–Kier alpha value is -2.43. The van der Waals surface area contributed by atoms with E-state index in [-0.39, 0.29) is 0 Å². The van der Waals surface area contributed by atoms with Crippen molar-refractivity contribution in [3.63, 3.8) is 0 Å². The van der Waals surface area contributed by atoms with Gasteiger partial charge < -0.3 is 10.3 Å². The number of nitrogen functional groups attached to an aromatic ring is 1. The quantitative estimate of drug-likeness (QED) is 0.669. The summed E-state index contributed by atoms with van der Waals surface area (Å²) in [6.45, 7) is 4.36. The average molecular weight is 318 g/mol. The molecule has 0 saturated heterocycles. The monoisotopic (exact) mass is 318 g/mol. The number of nitrogens with zero attached hydrogens (tertiary/aromatic N) is 1. The molecule has 3 rings (SSSR count). The highest BCUT2D eigenvalue weighted by molar-refractivity contribution is 5.88. The predicted molar refractivity (Wildman–Crippen MR) is 86.4 cm³/mol. The molecule has 23 heavy (non-hydrogen) atoms. The summed E-state index contributed by atoms with van der Waals surface area (Å²) in [5, 5.41) is 1.04. The first kappa shape index (κ1) is 15.5. The van der Waals surface area contributed by atoms with Crippen LogP contribution in [0.4, 0.5) is 18.9 Å². The minimum atomic E-state index is -4.33. The number of hydrogen-bond acceptors (Lipinski definition) is 1. The first-order chi connectivity index (χ1) is 10.8. The van der Waals surface area contributed by atoms with Crippen LogP contribution in [0.2, 0.25) is 0 Å². The molecule has 0 fully saturated rings. The number of benzene rings is 2. The van der Waals surface area contributed by atoms with Crippen molar-refractivity contribution in [2.75, 3.05) is 5.73 Å². The summed E-state index contributed by atoms with van der Waals surface area (Å²) in [6, 6.07) is 11.1. The standard InChI is InChI=1S/C18H17F3N2/c1-11-12(2)23(17-7-6-15(22)9-16(11)17)10-13-4-3-5-14(8-13)18(19,20)21/h3-9H,10,22H2,1-2H3. The van der Waals surface area contributed by atoms with Crippen LogP contribution in [-0.2, 0) is 12.7 Å². The Bertz CT molecular complexity index is 876. The van der Waals surface area contributed by atoms with Gasteiger partial charge in [-0.05, 0) is 55.3 Å². The summed E-state index contributed by atoms with van der Waals surface area (Å²) in [5.74, 6) is 0. The first-order valence-electron chi connectivity index (χ1n) is 7.28. The van der Waals surface area contributed by atoms with Gasteiger partial charge in [0, 0.05) is 28.8 Å². The lowest BCUT2D eigenvalue weighted by atomic mass is 10.1. The lowest BCUT2D eigenvalue weighted by molar-refractivity contribution is -0.137. The van der Waals surface area contributed by atoms with Crippen LogP contribution in [0.5, 0.6) is 0 Å². The molecule has 0 amide bonds. The van der Waals surface area contributed by atoms with E-state index < -0.39 is 11.7 Å². The normalized spacial score (nSPS) is 12.0. The van der Waals surface area contributed by atoms with E-state index in [0.29, 0.717) is 17.8 Å². The molecule has 0 unspecified atom stereocenters. The first-order valence-corrected chi connectivity index (χ1v) is 7.28.